The van der Waals surface area contributed by atoms with E-state index in [9.17, 15) is 4.79 Å². The molecule has 3 aromatic rings. The average Bonchev–Trinajstić information content (AvgIpc) is 3.30. The van der Waals surface area contributed by atoms with E-state index in [1.54, 1.807) is 16.9 Å². The lowest BCUT2D eigenvalue weighted by molar-refractivity contribution is -0.116. The number of rotatable bonds is 8. The first-order valence-electron chi connectivity index (χ1n) is 9.31. The van der Waals surface area contributed by atoms with Crippen LogP contribution in [0.25, 0.3) is 11.4 Å². The molecule has 7 heteroatoms. The Hall–Kier alpha value is -2.96. The maximum absolute atomic E-state index is 12.2. The van der Waals surface area contributed by atoms with E-state index < -0.39 is 0 Å². The quantitative estimate of drug-likeness (QED) is 0.649. The lowest BCUT2D eigenvalue weighted by Crippen LogP contribution is -2.16. The second-order valence-corrected chi connectivity index (χ2v) is 6.78. The van der Waals surface area contributed by atoms with Crippen LogP contribution >= 0.6 is 0 Å². The van der Waals surface area contributed by atoms with Crippen LogP contribution in [-0.4, -0.2) is 25.8 Å². The SMILES string of the molecule is CCCn1nccc1NC(=O)CCc1nc(-c2ccc(C(C)C)cc2)no1. The number of aryl methyl sites for hydroxylation is 2. The molecule has 0 bridgehead atoms. The standard InChI is InChI=1S/C20H25N5O2/c1-4-13-25-17(11-12-21-25)22-18(26)9-10-19-23-20(24-27-19)16-7-5-15(6-8-16)14(2)3/h5-8,11-12,14H,4,9-10,13H2,1-3H3,(H,22,26). The molecule has 1 N–H and O–H groups in total. The molecule has 7 nitrogen and oxygen atoms in total. The van der Waals surface area contributed by atoms with E-state index in [2.05, 4.69) is 53.5 Å². The van der Waals surface area contributed by atoms with Gasteiger partial charge in [0.05, 0.1) is 6.20 Å². The molecule has 0 fully saturated rings. The van der Waals surface area contributed by atoms with Crippen molar-refractivity contribution in [2.45, 2.75) is 52.5 Å². The molecule has 0 saturated heterocycles. The van der Waals surface area contributed by atoms with Gasteiger partial charge in [0.2, 0.25) is 17.6 Å². The molecule has 142 valence electrons. The fourth-order valence-corrected chi connectivity index (χ4v) is 2.75. The Morgan fingerprint density at radius 3 is 2.70 bits per heavy atom. The Labute approximate surface area is 158 Å². The van der Waals surface area contributed by atoms with E-state index in [4.69, 9.17) is 4.52 Å². The van der Waals surface area contributed by atoms with Gasteiger partial charge in [0.25, 0.3) is 0 Å². The highest BCUT2D eigenvalue weighted by atomic mass is 16.5. The third-order valence-electron chi connectivity index (χ3n) is 4.29. The number of aromatic nitrogens is 4. The van der Waals surface area contributed by atoms with Crippen LogP contribution in [0.2, 0.25) is 0 Å². The lowest BCUT2D eigenvalue weighted by atomic mass is 10.0. The second-order valence-electron chi connectivity index (χ2n) is 6.78. The Bertz CT molecular complexity index is 880. The zero-order chi connectivity index (χ0) is 19.2. The van der Waals surface area contributed by atoms with Gasteiger partial charge in [-0.25, -0.2) is 4.68 Å². The van der Waals surface area contributed by atoms with Crippen LogP contribution in [0.3, 0.4) is 0 Å². The lowest BCUT2D eigenvalue weighted by Gasteiger charge is -2.07. The van der Waals surface area contributed by atoms with Crippen molar-refractivity contribution in [3.8, 4) is 11.4 Å². The summed E-state index contributed by atoms with van der Waals surface area (Å²) in [6.45, 7) is 7.14. The first kappa shape index (κ1) is 18.8. The van der Waals surface area contributed by atoms with Crippen molar-refractivity contribution in [1.29, 1.82) is 0 Å². The molecule has 1 aromatic carbocycles. The van der Waals surface area contributed by atoms with Gasteiger partial charge >= 0.3 is 0 Å². The fourth-order valence-electron chi connectivity index (χ4n) is 2.75. The zero-order valence-electron chi connectivity index (χ0n) is 16.0. The van der Waals surface area contributed by atoms with Gasteiger partial charge in [-0.3, -0.25) is 4.79 Å². The van der Waals surface area contributed by atoms with Crippen molar-refractivity contribution < 1.29 is 9.32 Å². The Kier molecular flexibility index (Phi) is 6.01. The predicted molar refractivity (Wildman–Crippen MR) is 103 cm³/mol. The molecule has 0 spiro atoms. The van der Waals surface area contributed by atoms with E-state index in [1.807, 2.05) is 12.1 Å². The summed E-state index contributed by atoms with van der Waals surface area (Å²) in [5, 5.41) is 11.1. The van der Waals surface area contributed by atoms with E-state index >= 15 is 0 Å². The monoisotopic (exact) mass is 367 g/mol. The van der Waals surface area contributed by atoms with Crippen LogP contribution < -0.4 is 5.32 Å². The number of hydrogen-bond donors (Lipinski definition) is 1. The summed E-state index contributed by atoms with van der Waals surface area (Å²) in [6, 6.07) is 9.92. The minimum Gasteiger partial charge on any atom is -0.339 e. The number of hydrogen-bond acceptors (Lipinski definition) is 5. The summed E-state index contributed by atoms with van der Waals surface area (Å²) in [4.78, 5) is 16.6. The van der Waals surface area contributed by atoms with Crippen molar-refractivity contribution in [1.82, 2.24) is 19.9 Å². The number of benzene rings is 1. The maximum atomic E-state index is 12.2. The molecule has 0 aliphatic carbocycles. The summed E-state index contributed by atoms with van der Waals surface area (Å²) in [5.41, 5.74) is 2.17. The van der Waals surface area contributed by atoms with Crippen LogP contribution in [-0.2, 0) is 17.8 Å². The van der Waals surface area contributed by atoms with Gasteiger partial charge in [-0.15, -0.1) is 0 Å². The summed E-state index contributed by atoms with van der Waals surface area (Å²) in [5.74, 6) is 2.08. The molecule has 27 heavy (non-hydrogen) atoms. The fraction of sp³-hybridized carbons (Fsp3) is 0.400. The molecule has 1 amide bonds. The predicted octanol–water partition coefficient (Wildman–Crippen LogP) is 4.04. The summed E-state index contributed by atoms with van der Waals surface area (Å²) in [6.07, 6.45) is 3.30. The number of nitrogens with zero attached hydrogens (tertiary/aromatic N) is 4. The number of nitrogens with one attached hydrogen (secondary N) is 1. The number of anilines is 1. The van der Waals surface area contributed by atoms with Gasteiger partial charge in [0.15, 0.2) is 0 Å². The maximum Gasteiger partial charge on any atom is 0.227 e. The molecule has 0 radical (unpaired) electrons. The third-order valence-corrected chi connectivity index (χ3v) is 4.29. The number of carbonyl (C=O) groups is 1. The van der Waals surface area contributed by atoms with Crippen LogP contribution in [0, 0.1) is 0 Å². The highest BCUT2D eigenvalue weighted by Gasteiger charge is 2.12. The number of carbonyl (C=O) groups excluding carboxylic acids is 1. The Morgan fingerprint density at radius 2 is 2.00 bits per heavy atom. The molecule has 3 rings (SSSR count). The van der Waals surface area contributed by atoms with E-state index in [0.717, 1.165) is 18.5 Å². The van der Waals surface area contributed by atoms with E-state index in [0.29, 0.717) is 29.9 Å². The van der Waals surface area contributed by atoms with Crippen LogP contribution in [0.4, 0.5) is 5.82 Å². The van der Waals surface area contributed by atoms with Gasteiger partial charge in [0.1, 0.15) is 5.82 Å². The van der Waals surface area contributed by atoms with Gasteiger partial charge in [-0.05, 0) is 17.9 Å². The second kappa shape index (κ2) is 8.62. The summed E-state index contributed by atoms with van der Waals surface area (Å²) < 4.78 is 7.07. The van der Waals surface area contributed by atoms with Crippen molar-refractivity contribution >= 4 is 11.7 Å². The largest absolute Gasteiger partial charge is 0.339 e. The first-order chi connectivity index (χ1) is 13.1. The molecule has 0 unspecified atom stereocenters. The normalized spacial score (nSPS) is 11.1. The first-order valence-corrected chi connectivity index (χ1v) is 9.31. The van der Waals surface area contributed by atoms with Crippen LogP contribution in [0.15, 0.2) is 41.1 Å². The van der Waals surface area contributed by atoms with Gasteiger partial charge in [0, 0.05) is 31.0 Å². The minimum atomic E-state index is -0.103. The van der Waals surface area contributed by atoms with Crippen molar-refractivity contribution in [3.05, 3.63) is 48.0 Å². The molecule has 0 saturated carbocycles. The van der Waals surface area contributed by atoms with Gasteiger partial charge < -0.3 is 9.84 Å². The summed E-state index contributed by atoms with van der Waals surface area (Å²) >= 11 is 0. The van der Waals surface area contributed by atoms with Crippen LogP contribution in [0.1, 0.15) is 51.0 Å². The smallest absolute Gasteiger partial charge is 0.227 e. The van der Waals surface area contributed by atoms with E-state index in [1.165, 1.54) is 5.56 Å². The summed E-state index contributed by atoms with van der Waals surface area (Å²) in [7, 11) is 0. The van der Waals surface area contributed by atoms with Crippen molar-refractivity contribution in [2.24, 2.45) is 0 Å². The Balaban J connectivity index is 1.56. The third kappa shape index (κ3) is 4.81. The van der Waals surface area contributed by atoms with Crippen molar-refractivity contribution in [3.63, 3.8) is 0 Å². The van der Waals surface area contributed by atoms with E-state index in [-0.39, 0.29) is 12.3 Å². The highest BCUT2D eigenvalue weighted by Crippen LogP contribution is 2.20. The zero-order valence-corrected chi connectivity index (χ0v) is 16.0. The van der Waals surface area contributed by atoms with Gasteiger partial charge in [-0.2, -0.15) is 10.1 Å². The molecule has 0 aliphatic heterocycles. The topological polar surface area (TPSA) is 85.8 Å². The average molecular weight is 367 g/mol. The number of amides is 1. The molecule has 0 atom stereocenters. The van der Waals surface area contributed by atoms with Crippen molar-refractivity contribution in [2.75, 3.05) is 5.32 Å². The molecule has 0 aliphatic rings. The van der Waals surface area contributed by atoms with Crippen LogP contribution in [0.5, 0.6) is 0 Å². The molecule has 2 aromatic heterocycles. The highest BCUT2D eigenvalue weighted by molar-refractivity contribution is 5.89. The molecular weight excluding hydrogens is 342 g/mol. The minimum absolute atomic E-state index is 0.103. The molecule has 2 heterocycles. The van der Waals surface area contributed by atoms with Gasteiger partial charge in [-0.1, -0.05) is 50.2 Å². The Morgan fingerprint density at radius 1 is 1.22 bits per heavy atom. The molecular formula is C20H25N5O2.